The molecular formula is C29H23N7S. The Labute approximate surface area is 220 Å². The van der Waals surface area contributed by atoms with Crippen molar-refractivity contribution in [3.05, 3.63) is 108 Å². The summed E-state index contributed by atoms with van der Waals surface area (Å²) < 4.78 is 0. The van der Waals surface area contributed by atoms with Crippen LogP contribution in [0.1, 0.15) is 11.1 Å². The SMILES string of the molecule is S=C(Nc1ccc(-c2ccccc2)nn1)Nc1ccccc1Nc1ncc2c(n1)-c1ccccc1CC2. The lowest BCUT2D eigenvalue weighted by molar-refractivity contribution is 0.912. The van der Waals surface area contributed by atoms with Crippen LogP contribution in [0.2, 0.25) is 0 Å². The van der Waals surface area contributed by atoms with Crippen LogP contribution in [0.3, 0.4) is 0 Å². The summed E-state index contributed by atoms with van der Waals surface area (Å²) in [5.74, 6) is 1.09. The molecular weight excluding hydrogens is 478 g/mol. The zero-order valence-electron chi connectivity index (χ0n) is 19.8. The van der Waals surface area contributed by atoms with E-state index in [1.54, 1.807) is 0 Å². The Kier molecular flexibility index (Phi) is 6.22. The zero-order valence-corrected chi connectivity index (χ0v) is 20.7. The van der Waals surface area contributed by atoms with E-state index >= 15 is 0 Å². The molecule has 5 aromatic rings. The highest BCUT2D eigenvalue weighted by Crippen LogP contribution is 2.33. The lowest BCUT2D eigenvalue weighted by Gasteiger charge is -2.19. The molecule has 0 unspecified atom stereocenters. The van der Waals surface area contributed by atoms with Crippen molar-refractivity contribution in [1.82, 2.24) is 20.2 Å². The van der Waals surface area contributed by atoms with Gasteiger partial charge in [-0.2, -0.15) is 0 Å². The summed E-state index contributed by atoms with van der Waals surface area (Å²) in [7, 11) is 0. The fourth-order valence-electron chi connectivity index (χ4n) is 4.38. The van der Waals surface area contributed by atoms with Gasteiger partial charge in [-0.1, -0.05) is 66.7 Å². The summed E-state index contributed by atoms with van der Waals surface area (Å²) in [4.78, 5) is 9.42. The second-order valence-corrected chi connectivity index (χ2v) is 9.05. The van der Waals surface area contributed by atoms with E-state index in [0.29, 0.717) is 16.9 Å². The van der Waals surface area contributed by atoms with Gasteiger partial charge in [-0.15, -0.1) is 10.2 Å². The van der Waals surface area contributed by atoms with Crippen molar-refractivity contribution in [3.8, 4) is 22.5 Å². The molecule has 0 fully saturated rings. The molecule has 1 aliphatic carbocycles. The summed E-state index contributed by atoms with van der Waals surface area (Å²) in [5.41, 5.74) is 8.04. The van der Waals surface area contributed by atoms with Crippen molar-refractivity contribution in [2.24, 2.45) is 0 Å². The molecule has 0 saturated heterocycles. The first-order valence-corrected chi connectivity index (χ1v) is 12.4. The maximum Gasteiger partial charge on any atom is 0.227 e. The molecule has 0 radical (unpaired) electrons. The predicted octanol–water partition coefficient (Wildman–Crippen LogP) is 6.25. The summed E-state index contributed by atoms with van der Waals surface area (Å²) in [6, 6.07) is 29.9. The average molecular weight is 502 g/mol. The molecule has 8 heteroatoms. The molecule has 7 nitrogen and oxygen atoms in total. The van der Waals surface area contributed by atoms with Crippen molar-refractivity contribution in [2.45, 2.75) is 12.8 Å². The first-order chi connectivity index (χ1) is 18.2. The van der Waals surface area contributed by atoms with E-state index in [1.165, 1.54) is 16.7 Å². The fourth-order valence-corrected chi connectivity index (χ4v) is 4.59. The van der Waals surface area contributed by atoms with Crippen molar-refractivity contribution in [2.75, 3.05) is 16.0 Å². The molecule has 0 saturated carbocycles. The number of para-hydroxylation sites is 2. The maximum atomic E-state index is 5.54. The van der Waals surface area contributed by atoms with Gasteiger partial charge in [-0.05, 0) is 60.5 Å². The smallest absolute Gasteiger partial charge is 0.227 e. The van der Waals surface area contributed by atoms with Gasteiger partial charge in [-0.3, -0.25) is 0 Å². The van der Waals surface area contributed by atoms with Gasteiger partial charge in [0.15, 0.2) is 10.9 Å². The number of hydrogen-bond acceptors (Lipinski definition) is 6. The van der Waals surface area contributed by atoms with Gasteiger partial charge in [0, 0.05) is 17.3 Å². The molecule has 2 heterocycles. The van der Waals surface area contributed by atoms with Gasteiger partial charge in [0.05, 0.1) is 22.8 Å². The molecule has 1 aliphatic rings. The topological polar surface area (TPSA) is 87.7 Å². The van der Waals surface area contributed by atoms with Crippen molar-refractivity contribution in [3.63, 3.8) is 0 Å². The maximum absolute atomic E-state index is 5.54. The van der Waals surface area contributed by atoms with Crippen LogP contribution in [0.4, 0.5) is 23.1 Å². The van der Waals surface area contributed by atoms with Crippen LogP contribution in [0.15, 0.2) is 97.2 Å². The summed E-state index contributed by atoms with van der Waals surface area (Å²) >= 11 is 5.54. The van der Waals surface area contributed by atoms with E-state index in [9.17, 15) is 0 Å². The van der Waals surface area contributed by atoms with E-state index in [0.717, 1.165) is 41.2 Å². The minimum atomic E-state index is 0.399. The Morgan fingerprint density at radius 1 is 0.703 bits per heavy atom. The number of thiocarbonyl (C=S) groups is 1. The number of anilines is 4. The molecule has 2 aromatic heterocycles. The normalized spacial score (nSPS) is 11.7. The third-order valence-corrected chi connectivity index (χ3v) is 6.40. The van der Waals surface area contributed by atoms with Crippen LogP contribution < -0.4 is 16.0 Å². The number of benzene rings is 3. The molecule has 3 N–H and O–H groups in total. The number of aryl methyl sites for hydroxylation is 2. The lowest BCUT2D eigenvalue weighted by Crippen LogP contribution is -2.20. The Bertz CT molecular complexity index is 1570. The summed E-state index contributed by atoms with van der Waals surface area (Å²) in [6.07, 6.45) is 3.87. The number of nitrogens with zero attached hydrogens (tertiary/aromatic N) is 4. The van der Waals surface area contributed by atoms with Crippen molar-refractivity contribution < 1.29 is 0 Å². The fraction of sp³-hybridized carbons (Fsp3) is 0.0690. The number of hydrogen-bond donors (Lipinski definition) is 3. The van der Waals surface area contributed by atoms with Crippen molar-refractivity contribution in [1.29, 1.82) is 0 Å². The number of aromatic nitrogens is 4. The van der Waals surface area contributed by atoms with E-state index < -0.39 is 0 Å². The first-order valence-electron chi connectivity index (χ1n) is 12.0. The Hall–Kier alpha value is -4.69. The molecule has 0 atom stereocenters. The Morgan fingerprint density at radius 3 is 2.30 bits per heavy atom. The van der Waals surface area contributed by atoms with Gasteiger partial charge in [-0.25, -0.2) is 9.97 Å². The molecule has 0 amide bonds. The highest BCUT2D eigenvalue weighted by molar-refractivity contribution is 7.80. The quantitative estimate of drug-likeness (QED) is 0.244. The molecule has 180 valence electrons. The lowest BCUT2D eigenvalue weighted by atomic mass is 9.90. The zero-order chi connectivity index (χ0) is 25.0. The molecule has 3 aromatic carbocycles. The van der Waals surface area contributed by atoms with Crippen LogP contribution >= 0.6 is 12.2 Å². The number of fused-ring (bicyclic) bond motifs is 3. The molecule has 0 spiro atoms. The number of nitrogens with one attached hydrogen (secondary N) is 3. The van der Waals surface area contributed by atoms with E-state index in [2.05, 4.69) is 55.4 Å². The highest BCUT2D eigenvalue weighted by atomic mass is 32.1. The predicted molar refractivity (Wildman–Crippen MR) is 152 cm³/mol. The van der Waals surface area contributed by atoms with Gasteiger partial charge in [0.1, 0.15) is 0 Å². The van der Waals surface area contributed by atoms with E-state index in [-0.39, 0.29) is 0 Å². The first kappa shape index (κ1) is 22.8. The molecule has 0 aliphatic heterocycles. The van der Waals surface area contributed by atoms with Gasteiger partial charge in [0.25, 0.3) is 0 Å². The summed E-state index contributed by atoms with van der Waals surface area (Å²) in [5, 5.41) is 18.7. The summed E-state index contributed by atoms with van der Waals surface area (Å²) in [6.45, 7) is 0. The molecule has 6 rings (SSSR count). The highest BCUT2D eigenvalue weighted by Gasteiger charge is 2.18. The second kappa shape index (κ2) is 10.1. The van der Waals surface area contributed by atoms with Crippen LogP contribution in [0.25, 0.3) is 22.5 Å². The minimum absolute atomic E-state index is 0.399. The van der Waals surface area contributed by atoms with Crippen LogP contribution in [0, 0.1) is 0 Å². The number of rotatable bonds is 5. The van der Waals surface area contributed by atoms with E-state index in [1.807, 2.05) is 72.9 Å². The van der Waals surface area contributed by atoms with Gasteiger partial charge in [0.2, 0.25) is 5.95 Å². The van der Waals surface area contributed by atoms with Gasteiger partial charge < -0.3 is 16.0 Å². The van der Waals surface area contributed by atoms with Crippen LogP contribution in [-0.4, -0.2) is 25.3 Å². The Balaban J connectivity index is 1.17. The standard InChI is InChI=1S/C29H23N7S/c37-29(33-26-17-16-23(35-36-26)20-9-2-1-3-10-20)32-25-13-7-6-12-24(25)31-28-30-18-21-15-14-19-8-4-5-11-22(19)27(21)34-28/h1-13,16-18H,14-15H2,(H,30,31,34)(H2,32,33,36,37). The van der Waals surface area contributed by atoms with E-state index in [4.69, 9.17) is 17.2 Å². The van der Waals surface area contributed by atoms with Crippen LogP contribution in [-0.2, 0) is 12.8 Å². The molecule has 37 heavy (non-hydrogen) atoms. The average Bonchev–Trinajstić information content (AvgIpc) is 2.95. The van der Waals surface area contributed by atoms with Crippen molar-refractivity contribution >= 4 is 40.5 Å². The third kappa shape index (κ3) is 5.00. The molecule has 0 bridgehead atoms. The Morgan fingerprint density at radius 2 is 1.46 bits per heavy atom. The third-order valence-electron chi connectivity index (χ3n) is 6.20. The minimum Gasteiger partial charge on any atom is -0.331 e. The largest absolute Gasteiger partial charge is 0.331 e. The van der Waals surface area contributed by atoms with Gasteiger partial charge >= 0.3 is 0 Å². The monoisotopic (exact) mass is 501 g/mol. The second-order valence-electron chi connectivity index (χ2n) is 8.64. The van der Waals surface area contributed by atoms with Crippen LogP contribution in [0.5, 0.6) is 0 Å².